The molecule has 0 aromatic heterocycles. The molecule has 4 rings (SSSR count). The molecular weight excluding hydrogens is 717 g/mol. The largest absolute Gasteiger partial charge is 0.418 e. The molecule has 3 amide bonds. The van der Waals surface area contributed by atoms with Crippen molar-refractivity contribution in [1.29, 1.82) is 0 Å². The van der Waals surface area contributed by atoms with Crippen molar-refractivity contribution in [3.8, 4) is 0 Å². The maximum absolute atomic E-state index is 13.3. The summed E-state index contributed by atoms with van der Waals surface area (Å²) in [5.41, 5.74) is -1.10. The number of para-hydroxylation sites is 1. The molecule has 12 heteroatoms. The van der Waals surface area contributed by atoms with E-state index in [1.165, 1.54) is 36.4 Å². The van der Waals surface area contributed by atoms with Gasteiger partial charge in [0.2, 0.25) is 0 Å². The number of anilines is 2. The van der Waals surface area contributed by atoms with Gasteiger partial charge in [-0.1, -0.05) is 18.2 Å². The average molecular weight is 726 g/mol. The Hall–Kier alpha value is -2.02. The summed E-state index contributed by atoms with van der Waals surface area (Å²) < 4.78 is 41.6. The quantitative estimate of drug-likeness (QED) is 0.170. The van der Waals surface area contributed by atoms with Crippen LogP contribution in [0.25, 0.3) is 0 Å². The lowest BCUT2D eigenvalue weighted by Crippen LogP contribution is -2.29. The van der Waals surface area contributed by atoms with Gasteiger partial charge in [0.05, 0.1) is 28.1 Å². The van der Waals surface area contributed by atoms with Crippen LogP contribution in [0.5, 0.6) is 0 Å². The van der Waals surface area contributed by atoms with E-state index < -0.39 is 35.1 Å². The molecule has 0 fully saturated rings. The molecule has 174 valence electrons. The minimum Gasteiger partial charge on any atom is -0.321 e. The summed E-state index contributed by atoms with van der Waals surface area (Å²) in [4.78, 5) is 40.0. The first-order valence-corrected chi connectivity index (χ1v) is 12.4. The second kappa shape index (κ2) is 9.21. The minimum atomic E-state index is -4.66. The summed E-state index contributed by atoms with van der Waals surface area (Å²) >= 11 is 13.4. The Kier molecular flexibility index (Phi) is 6.80. The van der Waals surface area contributed by atoms with Gasteiger partial charge in [-0.3, -0.25) is 14.4 Å². The van der Waals surface area contributed by atoms with Crippen molar-refractivity contribution in [3.05, 3.63) is 88.7 Å². The Morgan fingerprint density at radius 3 is 1.91 bits per heavy atom. The van der Waals surface area contributed by atoms with Crippen LogP contribution in [0.2, 0.25) is 0 Å². The SMILES string of the molecule is O=C(Nc1ccccc1C(F)(F)F)c1cccc(N2C(=O)c3c(Br)c(Br)c(Br)c(Br)c3C2=O)c1. The third kappa shape index (κ3) is 4.25. The van der Waals surface area contributed by atoms with Crippen LogP contribution in [0.3, 0.4) is 0 Å². The number of alkyl halides is 3. The smallest absolute Gasteiger partial charge is 0.321 e. The number of benzene rings is 3. The van der Waals surface area contributed by atoms with Crippen LogP contribution < -0.4 is 10.2 Å². The van der Waals surface area contributed by atoms with E-state index in [2.05, 4.69) is 69.0 Å². The van der Waals surface area contributed by atoms with Gasteiger partial charge in [0, 0.05) is 23.5 Å². The standard InChI is InChI=1S/C22H9Br4F3N2O3/c23-15-13-14(16(24)18(26)17(15)25)21(34)31(20(13)33)10-5-3-4-9(8-10)19(32)30-12-7-2-1-6-11(12)22(27,28)29/h1-8H,(H,30,32). The molecule has 34 heavy (non-hydrogen) atoms. The van der Waals surface area contributed by atoms with Gasteiger partial charge >= 0.3 is 6.18 Å². The van der Waals surface area contributed by atoms with Gasteiger partial charge in [-0.05, 0) is 94.1 Å². The molecule has 3 aromatic carbocycles. The van der Waals surface area contributed by atoms with Crippen molar-refractivity contribution in [1.82, 2.24) is 0 Å². The monoisotopic (exact) mass is 722 g/mol. The molecule has 0 bridgehead atoms. The topological polar surface area (TPSA) is 66.5 Å². The molecule has 0 unspecified atom stereocenters. The summed E-state index contributed by atoms with van der Waals surface area (Å²) in [6.07, 6.45) is -4.66. The lowest BCUT2D eigenvalue weighted by molar-refractivity contribution is -0.136. The number of carbonyl (C=O) groups excluding carboxylic acids is 3. The fourth-order valence-electron chi connectivity index (χ4n) is 3.40. The number of rotatable bonds is 3. The summed E-state index contributed by atoms with van der Waals surface area (Å²) in [7, 11) is 0. The van der Waals surface area contributed by atoms with Gasteiger partial charge in [-0.15, -0.1) is 0 Å². The van der Waals surface area contributed by atoms with Crippen LogP contribution in [0.15, 0.2) is 66.4 Å². The number of carbonyl (C=O) groups is 3. The zero-order chi connectivity index (χ0) is 24.9. The number of hydrogen-bond acceptors (Lipinski definition) is 3. The molecule has 5 nitrogen and oxygen atoms in total. The predicted molar refractivity (Wildman–Crippen MR) is 134 cm³/mol. The first kappa shape index (κ1) is 25.1. The molecule has 0 saturated heterocycles. The van der Waals surface area contributed by atoms with Crippen LogP contribution in [-0.4, -0.2) is 17.7 Å². The molecule has 1 N–H and O–H groups in total. The Bertz CT molecular complexity index is 1350. The lowest BCUT2D eigenvalue weighted by Gasteiger charge is -2.16. The zero-order valence-corrected chi connectivity index (χ0v) is 22.8. The second-order valence-corrected chi connectivity index (χ2v) is 10.2. The molecule has 0 aliphatic carbocycles. The van der Waals surface area contributed by atoms with Gasteiger partial charge < -0.3 is 5.32 Å². The van der Waals surface area contributed by atoms with Gasteiger partial charge in [0.1, 0.15) is 0 Å². The molecule has 1 aliphatic rings. The molecule has 0 spiro atoms. The van der Waals surface area contributed by atoms with E-state index in [-0.39, 0.29) is 22.4 Å². The van der Waals surface area contributed by atoms with E-state index in [4.69, 9.17) is 0 Å². The van der Waals surface area contributed by atoms with Gasteiger partial charge in [-0.25, -0.2) is 4.90 Å². The highest BCUT2D eigenvalue weighted by Gasteiger charge is 2.42. The molecule has 1 heterocycles. The van der Waals surface area contributed by atoms with Crippen molar-refractivity contribution >= 4 is 92.8 Å². The number of nitrogens with zero attached hydrogens (tertiary/aromatic N) is 1. The molecular formula is C22H9Br4F3N2O3. The van der Waals surface area contributed by atoms with E-state index in [1.807, 2.05) is 0 Å². The van der Waals surface area contributed by atoms with Crippen molar-refractivity contribution in [2.45, 2.75) is 6.18 Å². The summed E-state index contributed by atoms with van der Waals surface area (Å²) in [6.45, 7) is 0. The van der Waals surface area contributed by atoms with E-state index in [0.717, 1.165) is 17.0 Å². The molecule has 0 atom stereocenters. The summed E-state index contributed by atoms with van der Waals surface area (Å²) in [6, 6.07) is 10.1. The number of imide groups is 1. The predicted octanol–water partition coefficient (Wildman–Crippen LogP) is 7.81. The fraction of sp³-hybridized carbons (Fsp3) is 0.0455. The van der Waals surface area contributed by atoms with Crippen molar-refractivity contribution in [3.63, 3.8) is 0 Å². The maximum Gasteiger partial charge on any atom is 0.418 e. The Morgan fingerprint density at radius 1 is 0.794 bits per heavy atom. The van der Waals surface area contributed by atoms with Crippen molar-refractivity contribution in [2.24, 2.45) is 0 Å². The van der Waals surface area contributed by atoms with Crippen LogP contribution in [0, 0.1) is 0 Å². The normalized spacial score (nSPS) is 13.3. The van der Waals surface area contributed by atoms with E-state index in [0.29, 0.717) is 17.9 Å². The van der Waals surface area contributed by atoms with Crippen LogP contribution >= 0.6 is 63.7 Å². The van der Waals surface area contributed by atoms with Crippen molar-refractivity contribution < 1.29 is 27.6 Å². The van der Waals surface area contributed by atoms with Gasteiger partial charge in [0.15, 0.2) is 0 Å². The third-order valence-corrected chi connectivity index (χ3v) is 9.72. The number of halogens is 7. The first-order valence-electron chi connectivity index (χ1n) is 9.25. The molecule has 0 radical (unpaired) electrons. The highest BCUT2D eigenvalue weighted by atomic mass is 79.9. The number of hydrogen-bond donors (Lipinski definition) is 1. The number of fused-ring (bicyclic) bond motifs is 1. The Balaban J connectivity index is 1.70. The van der Waals surface area contributed by atoms with E-state index >= 15 is 0 Å². The number of amides is 3. The van der Waals surface area contributed by atoms with Crippen molar-refractivity contribution in [2.75, 3.05) is 10.2 Å². The first-order chi connectivity index (χ1) is 15.9. The van der Waals surface area contributed by atoms with Crippen LogP contribution in [-0.2, 0) is 6.18 Å². The van der Waals surface area contributed by atoms with Gasteiger partial charge in [-0.2, -0.15) is 13.2 Å². The van der Waals surface area contributed by atoms with E-state index in [1.54, 1.807) is 0 Å². The highest BCUT2D eigenvalue weighted by molar-refractivity contribution is 9.15. The minimum absolute atomic E-state index is 0.0356. The molecule has 1 aliphatic heterocycles. The number of nitrogens with one attached hydrogen (secondary N) is 1. The Labute approximate surface area is 224 Å². The fourth-order valence-corrected chi connectivity index (χ4v) is 5.86. The molecule has 3 aromatic rings. The maximum atomic E-state index is 13.3. The van der Waals surface area contributed by atoms with Crippen LogP contribution in [0.1, 0.15) is 36.6 Å². The van der Waals surface area contributed by atoms with Gasteiger partial charge in [0.25, 0.3) is 17.7 Å². The Morgan fingerprint density at radius 2 is 1.35 bits per heavy atom. The average Bonchev–Trinajstić information content (AvgIpc) is 3.06. The third-order valence-electron chi connectivity index (χ3n) is 4.95. The van der Waals surface area contributed by atoms with E-state index in [9.17, 15) is 27.6 Å². The summed E-state index contributed by atoms with van der Waals surface area (Å²) in [5, 5.41) is 2.25. The molecule has 0 saturated carbocycles. The lowest BCUT2D eigenvalue weighted by atomic mass is 10.1. The second-order valence-electron chi connectivity index (χ2n) is 7.00. The highest BCUT2D eigenvalue weighted by Crippen LogP contribution is 2.46. The zero-order valence-electron chi connectivity index (χ0n) is 16.4. The van der Waals surface area contributed by atoms with Crippen LogP contribution in [0.4, 0.5) is 24.5 Å². The summed E-state index contributed by atoms with van der Waals surface area (Å²) in [5.74, 6) is -2.08.